The van der Waals surface area contributed by atoms with Gasteiger partial charge in [0.15, 0.2) is 0 Å². The summed E-state index contributed by atoms with van der Waals surface area (Å²) in [4.78, 5) is 26.4. The summed E-state index contributed by atoms with van der Waals surface area (Å²) >= 11 is 6.33. The highest BCUT2D eigenvalue weighted by Gasteiger charge is 2.16. The largest absolute Gasteiger partial charge is 0.324 e. The molecule has 2 N–H and O–H groups in total. The average Bonchev–Trinajstić information content (AvgIpc) is 3.57. The number of benzene rings is 3. The van der Waals surface area contributed by atoms with Gasteiger partial charge in [-0.2, -0.15) is 9.48 Å². The number of amides is 2. The van der Waals surface area contributed by atoms with Crippen LogP contribution >= 0.6 is 11.6 Å². The van der Waals surface area contributed by atoms with Gasteiger partial charge in [0.25, 0.3) is 5.91 Å². The number of hydrogen-bond donors (Lipinski definition) is 2. The van der Waals surface area contributed by atoms with Gasteiger partial charge >= 0.3 is 0 Å². The van der Waals surface area contributed by atoms with Gasteiger partial charge in [0.05, 0.1) is 16.4 Å². The zero-order valence-electron chi connectivity index (χ0n) is 18.5. The Morgan fingerprint density at radius 1 is 0.917 bits per heavy atom. The minimum absolute atomic E-state index is 0.122. The Morgan fingerprint density at radius 2 is 1.72 bits per heavy atom. The SMILES string of the molecule is O=C(Cn1nnc(-c2ccccc2NC(=O)c2ccc(-n3cnnn3)c(Cl)c2)n1)Nc1ccccc1. The number of nitrogens with one attached hydrogen (secondary N) is 2. The Bertz CT molecular complexity index is 1520. The van der Waals surface area contributed by atoms with Gasteiger partial charge in [0.2, 0.25) is 11.7 Å². The van der Waals surface area contributed by atoms with E-state index in [-0.39, 0.29) is 24.2 Å². The molecule has 13 heteroatoms. The highest BCUT2D eigenvalue weighted by molar-refractivity contribution is 6.32. The third-order valence-corrected chi connectivity index (χ3v) is 5.32. The second kappa shape index (κ2) is 10.1. The number of halogens is 1. The molecule has 0 atom stereocenters. The summed E-state index contributed by atoms with van der Waals surface area (Å²) in [5, 5.41) is 29.2. The van der Waals surface area contributed by atoms with Gasteiger partial charge in [-0.05, 0) is 58.1 Å². The molecule has 5 rings (SSSR count). The van der Waals surface area contributed by atoms with Gasteiger partial charge in [0, 0.05) is 16.8 Å². The Kier molecular flexibility index (Phi) is 6.40. The Balaban J connectivity index is 1.30. The van der Waals surface area contributed by atoms with Crippen LogP contribution in [0.5, 0.6) is 0 Å². The van der Waals surface area contributed by atoms with Gasteiger partial charge in [-0.3, -0.25) is 9.59 Å². The minimum Gasteiger partial charge on any atom is -0.324 e. The molecule has 0 radical (unpaired) electrons. The molecule has 178 valence electrons. The minimum atomic E-state index is -0.387. The molecular formula is C23H17ClN10O2. The van der Waals surface area contributed by atoms with E-state index in [0.29, 0.717) is 33.2 Å². The van der Waals surface area contributed by atoms with E-state index in [9.17, 15) is 9.59 Å². The van der Waals surface area contributed by atoms with Crippen molar-refractivity contribution in [3.63, 3.8) is 0 Å². The number of hydrogen-bond acceptors (Lipinski definition) is 8. The number of carbonyl (C=O) groups excluding carboxylic acids is 2. The van der Waals surface area contributed by atoms with Crippen molar-refractivity contribution >= 4 is 34.8 Å². The summed E-state index contributed by atoms with van der Waals surface area (Å²) in [7, 11) is 0. The van der Waals surface area contributed by atoms with E-state index < -0.39 is 0 Å². The van der Waals surface area contributed by atoms with E-state index in [1.54, 1.807) is 48.5 Å². The van der Waals surface area contributed by atoms with E-state index in [1.807, 2.05) is 18.2 Å². The molecule has 2 amide bonds. The van der Waals surface area contributed by atoms with Gasteiger partial charge in [-0.15, -0.1) is 15.3 Å². The number of anilines is 2. The monoisotopic (exact) mass is 500 g/mol. The second-order valence-corrected chi connectivity index (χ2v) is 7.89. The molecule has 3 aromatic carbocycles. The van der Waals surface area contributed by atoms with Crippen molar-refractivity contribution in [2.45, 2.75) is 6.54 Å². The molecule has 36 heavy (non-hydrogen) atoms. The van der Waals surface area contributed by atoms with Crippen molar-refractivity contribution in [1.29, 1.82) is 0 Å². The zero-order valence-corrected chi connectivity index (χ0v) is 19.2. The molecule has 0 unspecified atom stereocenters. The quantitative estimate of drug-likeness (QED) is 0.347. The molecule has 12 nitrogen and oxygen atoms in total. The number of tetrazole rings is 2. The number of nitrogens with zero attached hydrogens (tertiary/aromatic N) is 8. The summed E-state index contributed by atoms with van der Waals surface area (Å²) in [5.41, 5.74) is 2.55. The number of aromatic nitrogens is 8. The smallest absolute Gasteiger partial charge is 0.255 e. The lowest BCUT2D eigenvalue weighted by atomic mass is 10.1. The van der Waals surface area contributed by atoms with Gasteiger partial charge in [-0.1, -0.05) is 41.9 Å². The topological polar surface area (TPSA) is 145 Å². The van der Waals surface area contributed by atoms with Crippen molar-refractivity contribution in [2.24, 2.45) is 0 Å². The van der Waals surface area contributed by atoms with E-state index >= 15 is 0 Å². The molecule has 0 saturated carbocycles. The summed E-state index contributed by atoms with van der Waals surface area (Å²) in [6, 6.07) is 20.9. The molecule has 0 aliphatic heterocycles. The third-order valence-electron chi connectivity index (χ3n) is 5.02. The van der Waals surface area contributed by atoms with E-state index in [4.69, 9.17) is 11.6 Å². The molecule has 2 heterocycles. The lowest BCUT2D eigenvalue weighted by Gasteiger charge is -2.10. The highest BCUT2D eigenvalue weighted by Crippen LogP contribution is 2.26. The fourth-order valence-corrected chi connectivity index (χ4v) is 3.62. The number of carbonyl (C=O) groups is 2. The van der Waals surface area contributed by atoms with Crippen LogP contribution in [0.2, 0.25) is 5.02 Å². The first-order chi connectivity index (χ1) is 17.6. The van der Waals surface area contributed by atoms with Gasteiger partial charge in [0.1, 0.15) is 12.9 Å². The van der Waals surface area contributed by atoms with E-state index in [0.717, 1.165) is 0 Å². The summed E-state index contributed by atoms with van der Waals surface area (Å²) in [5.74, 6) is -0.429. The van der Waals surface area contributed by atoms with Crippen molar-refractivity contribution in [3.8, 4) is 17.1 Å². The van der Waals surface area contributed by atoms with Crippen LogP contribution in [0.3, 0.4) is 0 Å². The van der Waals surface area contributed by atoms with Crippen molar-refractivity contribution in [2.75, 3.05) is 10.6 Å². The summed E-state index contributed by atoms with van der Waals surface area (Å²) in [6.07, 6.45) is 1.41. The predicted molar refractivity (Wildman–Crippen MR) is 130 cm³/mol. The normalized spacial score (nSPS) is 10.7. The van der Waals surface area contributed by atoms with Crippen LogP contribution in [0, 0.1) is 0 Å². The zero-order chi connectivity index (χ0) is 24.9. The summed E-state index contributed by atoms with van der Waals surface area (Å²) in [6.45, 7) is -0.122. The van der Waals surface area contributed by atoms with Crippen LogP contribution in [0.4, 0.5) is 11.4 Å². The molecule has 0 aliphatic rings. The maximum absolute atomic E-state index is 12.9. The Hall–Kier alpha value is -4.97. The number of para-hydroxylation sites is 2. The second-order valence-electron chi connectivity index (χ2n) is 7.48. The maximum atomic E-state index is 12.9. The molecule has 0 saturated heterocycles. The molecule has 0 spiro atoms. The van der Waals surface area contributed by atoms with Crippen LogP contribution in [0.1, 0.15) is 10.4 Å². The lowest BCUT2D eigenvalue weighted by molar-refractivity contribution is -0.117. The molecule has 0 bridgehead atoms. The lowest BCUT2D eigenvalue weighted by Crippen LogP contribution is -2.20. The molecule has 0 aliphatic carbocycles. The van der Waals surface area contributed by atoms with Crippen LogP contribution in [-0.4, -0.2) is 52.2 Å². The average molecular weight is 501 g/mol. The summed E-state index contributed by atoms with van der Waals surface area (Å²) < 4.78 is 1.40. The first-order valence-electron chi connectivity index (χ1n) is 10.6. The van der Waals surface area contributed by atoms with E-state index in [1.165, 1.54) is 21.9 Å². The standard InChI is InChI=1S/C23H17ClN10O2/c24-18-12-15(10-11-20(18)33-14-25-30-32-33)23(36)27-19-9-5-4-8-17(19)22-28-31-34(29-22)13-21(35)26-16-6-2-1-3-7-16/h1-12,14H,13H2,(H,26,35)(H,27,36). The van der Waals surface area contributed by atoms with Crippen LogP contribution < -0.4 is 10.6 Å². The number of rotatable bonds is 7. The van der Waals surface area contributed by atoms with Crippen molar-refractivity contribution in [1.82, 2.24) is 40.4 Å². The fraction of sp³-hybridized carbons (Fsp3) is 0.0435. The Labute approximate surface area is 208 Å². The first kappa shape index (κ1) is 22.8. The predicted octanol–water partition coefficient (Wildman–Crippen LogP) is 2.86. The first-order valence-corrected chi connectivity index (χ1v) is 11.0. The third kappa shape index (κ3) is 5.08. The van der Waals surface area contributed by atoms with Crippen LogP contribution in [0.25, 0.3) is 17.1 Å². The van der Waals surface area contributed by atoms with E-state index in [2.05, 4.69) is 41.6 Å². The van der Waals surface area contributed by atoms with Crippen molar-refractivity contribution < 1.29 is 9.59 Å². The van der Waals surface area contributed by atoms with Gasteiger partial charge in [-0.25, -0.2) is 0 Å². The van der Waals surface area contributed by atoms with Crippen LogP contribution in [0.15, 0.2) is 79.1 Å². The fourth-order valence-electron chi connectivity index (χ4n) is 3.36. The molecule has 0 fully saturated rings. The molecular weight excluding hydrogens is 484 g/mol. The molecule has 2 aromatic heterocycles. The maximum Gasteiger partial charge on any atom is 0.255 e. The highest BCUT2D eigenvalue weighted by atomic mass is 35.5. The molecule has 5 aromatic rings. The van der Waals surface area contributed by atoms with Gasteiger partial charge < -0.3 is 10.6 Å². The van der Waals surface area contributed by atoms with Crippen LogP contribution in [-0.2, 0) is 11.3 Å². The van der Waals surface area contributed by atoms with Crippen molar-refractivity contribution in [3.05, 3.63) is 89.7 Å². The Morgan fingerprint density at radius 3 is 2.50 bits per heavy atom.